The zero-order valence-corrected chi connectivity index (χ0v) is 52.2. The van der Waals surface area contributed by atoms with Crippen molar-refractivity contribution in [3.05, 3.63) is 59.7 Å². The first-order chi connectivity index (χ1) is 39.5. The van der Waals surface area contributed by atoms with Crippen molar-refractivity contribution in [3.8, 4) is 0 Å². The van der Waals surface area contributed by atoms with Crippen molar-refractivity contribution in [1.29, 1.82) is 0 Å². The lowest BCUT2D eigenvalue weighted by atomic mass is 9.89. The van der Waals surface area contributed by atoms with Crippen LogP contribution in [0.4, 0.5) is 11.4 Å². The Morgan fingerprint density at radius 1 is 0.819 bits per heavy atom. The molecule has 2 aromatic rings. The Morgan fingerprint density at radius 2 is 1.51 bits per heavy atom. The second-order valence-corrected chi connectivity index (χ2v) is 26.7. The van der Waals surface area contributed by atoms with Gasteiger partial charge in [-0.05, 0) is 92.9 Å². The molecule has 1 saturated carbocycles. The molecule has 3 aliphatic heterocycles. The number of benzene rings is 2. The summed E-state index contributed by atoms with van der Waals surface area (Å²) in [7, 11) is 6.09. The van der Waals surface area contributed by atoms with E-state index in [1.54, 1.807) is 61.1 Å². The number of aryl methyl sites for hydroxylation is 1. The normalized spacial score (nSPS) is 22.5. The van der Waals surface area contributed by atoms with Crippen molar-refractivity contribution < 1.29 is 57.7 Å². The number of carboxylic acid groups (broad SMARTS) is 1. The van der Waals surface area contributed by atoms with Gasteiger partial charge < -0.3 is 45.2 Å². The number of thioether (sulfide) groups is 2. The number of nitrogens with zero attached hydrogens (tertiary/aromatic N) is 4. The molecule has 12 atom stereocenters. The third-order valence-electron chi connectivity index (χ3n) is 17.3. The van der Waals surface area contributed by atoms with Crippen molar-refractivity contribution in [3.63, 3.8) is 0 Å². The molecule has 3 heterocycles. The molecular weight excluding hydrogens is 1100 g/mol. The maximum Gasteiger partial charge on any atom is 0.326 e. The number of rotatable bonds is 23. The summed E-state index contributed by atoms with van der Waals surface area (Å²) in [5.74, 6) is -5.88. The fraction of sp³-hybridized carbons (Fsp3) is 0.661. The highest BCUT2D eigenvalue weighted by atomic mass is 32.2. The molecule has 0 spiro atoms. The molecule has 2 saturated heterocycles. The standard InChI is InChI=1S/C62H91N7O12S2/c1-12-38(6)55(48(80-10)34-51(71)68-29-18-23-47(68)56(81-11)39(7)57(73)64-46(62(78)79)27-24-40-19-14-13-15-20-40)67(9)61(77)53(36(2)3)65-58(74)54(37(4)5)66(8)59(75)41-31-42-33-43(32-41)69-52(72)35-49(60(69)76)83-45-22-17-16-21-44(25-26-45)82-30-28-50(70)63-42/h13-15,19-20,31-33,36-39,44-49,53-56H,12,16-18,21-30,34-35H2,1-11H3,(H,63,70)(H,64,73)(H,65,74)(H,78,79)/t38-,39+,44?,45?,46-,47-,48+,49?,53-,54-,55-,56+/m0/s1. The van der Waals surface area contributed by atoms with E-state index in [0.29, 0.717) is 43.2 Å². The number of hydrogen-bond acceptors (Lipinski definition) is 13. The molecule has 21 heteroatoms. The van der Waals surface area contributed by atoms with Crippen LogP contribution < -0.4 is 20.9 Å². The van der Waals surface area contributed by atoms with Gasteiger partial charge in [-0.2, -0.15) is 11.8 Å². The average molecular weight is 1190 g/mol. The number of carbonyl (C=O) groups excluding carboxylic acids is 8. The Bertz CT molecular complexity index is 2610. The molecule has 0 radical (unpaired) electrons. The predicted molar refractivity (Wildman–Crippen MR) is 324 cm³/mol. The zero-order chi connectivity index (χ0) is 60.8. The zero-order valence-electron chi connectivity index (χ0n) is 50.6. The molecule has 83 heavy (non-hydrogen) atoms. The van der Waals surface area contributed by atoms with Crippen molar-refractivity contribution in [2.45, 2.75) is 197 Å². The van der Waals surface area contributed by atoms with Crippen LogP contribution in [0.5, 0.6) is 0 Å². The highest BCUT2D eigenvalue weighted by Crippen LogP contribution is 2.39. The summed E-state index contributed by atoms with van der Waals surface area (Å²) in [6, 6.07) is 9.43. The van der Waals surface area contributed by atoms with Crippen LogP contribution in [0.3, 0.4) is 0 Å². The van der Waals surface area contributed by atoms with E-state index in [1.165, 1.54) is 44.4 Å². The van der Waals surface area contributed by atoms with Crippen LogP contribution >= 0.6 is 23.5 Å². The fourth-order valence-electron chi connectivity index (χ4n) is 12.4. The molecule has 4 N–H and O–H groups in total. The van der Waals surface area contributed by atoms with Crippen molar-refractivity contribution >= 4 is 88.1 Å². The summed E-state index contributed by atoms with van der Waals surface area (Å²) in [4.78, 5) is 132. The van der Waals surface area contributed by atoms with Gasteiger partial charge in [-0.3, -0.25) is 38.4 Å². The third kappa shape index (κ3) is 17.1. The maximum atomic E-state index is 15.0. The van der Waals surface area contributed by atoms with Gasteiger partial charge in [-0.15, -0.1) is 11.8 Å². The number of carbonyl (C=O) groups is 9. The first kappa shape index (κ1) is 66.6. The lowest BCUT2D eigenvalue weighted by Gasteiger charge is -2.41. The first-order valence-corrected chi connectivity index (χ1v) is 31.8. The maximum absolute atomic E-state index is 15.0. The highest BCUT2D eigenvalue weighted by molar-refractivity contribution is 8.01. The minimum absolute atomic E-state index is 0.0218. The van der Waals surface area contributed by atoms with Gasteiger partial charge in [-0.25, -0.2) is 9.69 Å². The molecule has 19 nitrogen and oxygen atoms in total. The van der Waals surface area contributed by atoms with Gasteiger partial charge in [0.15, 0.2) is 0 Å². The molecular formula is C62H91N7O12S2. The van der Waals surface area contributed by atoms with E-state index in [9.17, 15) is 48.3 Å². The average Bonchev–Trinajstić information content (AvgIpc) is 3.86. The van der Waals surface area contributed by atoms with Gasteiger partial charge in [-0.1, -0.05) is 98.1 Å². The predicted octanol–water partition coefficient (Wildman–Crippen LogP) is 7.58. The van der Waals surface area contributed by atoms with Crippen LogP contribution in [0.15, 0.2) is 48.5 Å². The number of aliphatic carboxylic acids is 1. The Labute approximate surface area is 499 Å². The second-order valence-electron chi connectivity index (χ2n) is 23.8. The van der Waals surface area contributed by atoms with E-state index in [0.717, 1.165) is 49.0 Å². The van der Waals surface area contributed by atoms with Crippen LogP contribution in [0, 0.1) is 23.7 Å². The van der Waals surface area contributed by atoms with Gasteiger partial charge in [0.05, 0.1) is 47.6 Å². The van der Waals surface area contributed by atoms with E-state index in [1.807, 2.05) is 58.0 Å². The number of likely N-dealkylation sites (N-methyl/N-ethyl adjacent to an activating group) is 2. The van der Waals surface area contributed by atoms with Gasteiger partial charge >= 0.3 is 5.97 Å². The van der Waals surface area contributed by atoms with E-state index < -0.39 is 101 Å². The largest absolute Gasteiger partial charge is 0.480 e. The number of carboxylic acids is 1. The number of anilines is 2. The molecule has 2 aromatic carbocycles. The van der Waals surface area contributed by atoms with Crippen LogP contribution in [-0.2, 0) is 54.3 Å². The number of likely N-dealkylation sites (tertiary alicyclic amines) is 1. The van der Waals surface area contributed by atoms with E-state index >= 15 is 0 Å². The van der Waals surface area contributed by atoms with E-state index in [2.05, 4.69) is 16.0 Å². The van der Waals surface area contributed by atoms with Gasteiger partial charge in [0.2, 0.25) is 41.4 Å². The van der Waals surface area contributed by atoms with Crippen LogP contribution in [-0.4, -0.2) is 172 Å². The summed E-state index contributed by atoms with van der Waals surface area (Å²) < 4.78 is 12.0. The SMILES string of the molecule is CC[C@H](C)[C@@H]([C@@H](CC(=O)N1CCC[C@H]1[C@H](OC)[C@@H](C)C(=O)N[C@@H](CCc1ccccc1)C(=O)O)OC)N(C)C(=O)[C@@H](NC(=O)[C@H](C(C)C)N(C)C(=O)c1cc2cc(c1)N1C(=O)CC(SC3CCCCC(CC3)SCCC(=O)N2)C1=O)C(C)C. The topological polar surface area (TPSA) is 241 Å². The molecule has 1 aliphatic carbocycles. The summed E-state index contributed by atoms with van der Waals surface area (Å²) >= 11 is 3.37. The van der Waals surface area contributed by atoms with Crippen LogP contribution in [0.25, 0.3) is 0 Å². The van der Waals surface area contributed by atoms with Crippen LogP contribution in [0.2, 0.25) is 0 Å². The number of nitrogens with one attached hydrogen (secondary N) is 3. The van der Waals surface area contributed by atoms with Gasteiger partial charge in [0.1, 0.15) is 18.1 Å². The molecule has 458 valence electrons. The molecule has 6 rings (SSSR count). The number of ether oxygens (including phenoxy) is 2. The van der Waals surface area contributed by atoms with Gasteiger partial charge in [0.25, 0.3) is 5.91 Å². The number of imide groups is 1. The Kier molecular flexibility index (Phi) is 24.9. The Balaban J connectivity index is 1.17. The Hall–Kier alpha value is -5.51. The first-order valence-electron chi connectivity index (χ1n) is 29.8. The molecule has 3 unspecified atom stereocenters. The lowest BCUT2D eigenvalue weighted by Crippen LogP contribution is -2.60. The van der Waals surface area contributed by atoms with E-state index in [4.69, 9.17) is 9.47 Å². The summed E-state index contributed by atoms with van der Waals surface area (Å²) in [6.07, 6.45) is 7.06. The minimum Gasteiger partial charge on any atom is -0.480 e. The number of methoxy groups -OCH3 is 2. The van der Waals surface area contributed by atoms with Crippen molar-refractivity contribution in [2.75, 3.05) is 50.8 Å². The number of fused-ring (bicyclic) bond motifs is 8. The summed E-state index contributed by atoms with van der Waals surface area (Å²) in [5, 5.41) is 18.7. The quantitative estimate of drug-likeness (QED) is 0.0785. The minimum atomic E-state index is -1.15. The smallest absolute Gasteiger partial charge is 0.326 e. The second kappa shape index (κ2) is 31.0. The van der Waals surface area contributed by atoms with Crippen molar-refractivity contribution in [2.24, 2.45) is 23.7 Å². The molecule has 0 aromatic heterocycles. The lowest BCUT2D eigenvalue weighted by molar-refractivity contribution is -0.148. The number of amides is 8. The Morgan fingerprint density at radius 3 is 2.14 bits per heavy atom. The molecule has 4 aliphatic rings. The summed E-state index contributed by atoms with van der Waals surface area (Å²) in [5.41, 5.74) is 1.38. The number of hydrogen-bond donors (Lipinski definition) is 4. The van der Waals surface area contributed by atoms with Crippen molar-refractivity contribution in [1.82, 2.24) is 25.3 Å². The highest BCUT2D eigenvalue weighted by Gasteiger charge is 2.45. The van der Waals surface area contributed by atoms with Gasteiger partial charge in [0, 0.05) is 75.2 Å². The molecule has 6 bridgehead atoms. The molecule has 8 amide bonds. The van der Waals surface area contributed by atoms with Crippen LogP contribution in [0.1, 0.15) is 148 Å². The monoisotopic (exact) mass is 1190 g/mol. The molecule has 3 fully saturated rings. The third-order valence-corrected chi connectivity index (χ3v) is 20.2. The fourth-order valence-corrected chi connectivity index (χ4v) is 15.2. The summed E-state index contributed by atoms with van der Waals surface area (Å²) in [6.45, 7) is 13.2. The van der Waals surface area contributed by atoms with E-state index in [-0.39, 0.29) is 71.5 Å².